The van der Waals surface area contributed by atoms with Crippen LogP contribution in [0.25, 0.3) is 11.6 Å². The van der Waals surface area contributed by atoms with Crippen molar-refractivity contribution in [2.75, 3.05) is 0 Å². The van der Waals surface area contributed by atoms with Crippen molar-refractivity contribution in [1.82, 2.24) is 25.1 Å². The summed E-state index contributed by atoms with van der Waals surface area (Å²) in [7, 11) is 0. The lowest BCUT2D eigenvalue weighted by atomic mass is 10.3. The van der Waals surface area contributed by atoms with Gasteiger partial charge in [-0.3, -0.25) is 9.89 Å². The molecule has 7 heteroatoms. The quantitative estimate of drug-likeness (QED) is 0.569. The number of hydrogen-bond acceptors (Lipinski definition) is 5. The highest BCUT2D eigenvalue weighted by molar-refractivity contribution is 5.40. The molecule has 0 aliphatic carbocycles. The fraction of sp³-hybridized carbons (Fsp3) is 0.143. The molecule has 14 heavy (non-hydrogen) atoms. The molecule has 0 amide bonds. The average molecular weight is 193 g/mol. The Morgan fingerprint density at radius 1 is 1.36 bits per heavy atom. The van der Waals surface area contributed by atoms with Gasteiger partial charge in [0.05, 0.1) is 12.2 Å². The molecule has 0 saturated carbocycles. The van der Waals surface area contributed by atoms with E-state index in [2.05, 4.69) is 25.1 Å². The number of H-pyrrole nitrogens is 2. The van der Waals surface area contributed by atoms with Gasteiger partial charge in [0, 0.05) is 6.20 Å². The van der Waals surface area contributed by atoms with Gasteiger partial charge >= 0.3 is 0 Å². The van der Waals surface area contributed by atoms with E-state index in [0.29, 0.717) is 11.6 Å². The van der Waals surface area contributed by atoms with Crippen LogP contribution in [0.5, 0.6) is 0 Å². The standard InChI is InChI=1S/C7H7N5O2/c13-2-4-1-8-5(11-7(4)14)6-9-3-10-12-6/h1,3,13H,2H2,(H,8,11,14)(H,9,10,12). The van der Waals surface area contributed by atoms with Crippen molar-refractivity contribution in [3.05, 3.63) is 28.4 Å². The molecule has 2 aromatic heterocycles. The van der Waals surface area contributed by atoms with Crippen LogP contribution in [0.1, 0.15) is 5.56 Å². The maximum Gasteiger partial charge on any atom is 0.256 e. The Kier molecular flexibility index (Phi) is 2.07. The van der Waals surface area contributed by atoms with Gasteiger partial charge in [0.15, 0.2) is 11.6 Å². The van der Waals surface area contributed by atoms with Crippen molar-refractivity contribution < 1.29 is 5.11 Å². The Labute approximate surface area is 77.9 Å². The summed E-state index contributed by atoms with van der Waals surface area (Å²) in [5.74, 6) is 0.677. The molecule has 0 unspecified atom stereocenters. The molecule has 0 spiro atoms. The minimum Gasteiger partial charge on any atom is -0.391 e. The van der Waals surface area contributed by atoms with Crippen LogP contribution in [0, 0.1) is 0 Å². The molecular formula is C7H7N5O2. The van der Waals surface area contributed by atoms with E-state index in [4.69, 9.17) is 5.11 Å². The number of aromatic amines is 2. The highest BCUT2D eigenvalue weighted by Crippen LogP contribution is 2.03. The molecule has 0 aromatic carbocycles. The molecule has 2 rings (SSSR count). The molecule has 0 fully saturated rings. The van der Waals surface area contributed by atoms with Crippen LogP contribution < -0.4 is 5.56 Å². The normalized spacial score (nSPS) is 10.4. The lowest BCUT2D eigenvalue weighted by Crippen LogP contribution is -2.14. The Hall–Kier alpha value is -2.02. The molecule has 3 N–H and O–H groups in total. The summed E-state index contributed by atoms with van der Waals surface area (Å²) in [6.07, 6.45) is 2.62. The first-order chi connectivity index (χ1) is 6.81. The maximum absolute atomic E-state index is 11.2. The highest BCUT2D eigenvalue weighted by Gasteiger charge is 2.05. The second-order valence-electron chi connectivity index (χ2n) is 2.58. The van der Waals surface area contributed by atoms with Gasteiger partial charge < -0.3 is 10.1 Å². The monoisotopic (exact) mass is 193 g/mol. The minimum absolute atomic E-state index is 0.216. The topological polar surface area (TPSA) is 108 Å². The molecule has 2 aromatic rings. The molecule has 0 atom stereocenters. The van der Waals surface area contributed by atoms with E-state index in [1.807, 2.05) is 0 Å². The van der Waals surface area contributed by atoms with Gasteiger partial charge in [-0.25, -0.2) is 9.97 Å². The van der Waals surface area contributed by atoms with Gasteiger partial charge in [-0.2, -0.15) is 5.10 Å². The van der Waals surface area contributed by atoms with E-state index in [9.17, 15) is 4.79 Å². The molecule has 0 aliphatic heterocycles. The van der Waals surface area contributed by atoms with Crippen LogP contribution in [0.4, 0.5) is 0 Å². The summed E-state index contributed by atoms with van der Waals surface area (Å²) < 4.78 is 0. The number of aliphatic hydroxyl groups is 1. The van der Waals surface area contributed by atoms with Crippen molar-refractivity contribution in [3.8, 4) is 11.6 Å². The van der Waals surface area contributed by atoms with Crippen LogP contribution >= 0.6 is 0 Å². The zero-order valence-corrected chi connectivity index (χ0v) is 7.06. The van der Waals surface area contributed by atoms with Gasteiger partial charge in [-0.1, -0.05) is 0 Å². The second kappa shape index (κ2) is 3.38. The highest BCUT2D eigenvalue weighted by atomic mass is 16.3. The number of aromatic nitrogens is 5. The van der Waals surface area contributed by atoms with E-state index in [1.165, 1.54) is 12.5 Å². The Morgan fingerprint density at radius 3 is 2.79 bits per heavy atom. The molecule has 0 radical (unpaired) electrons. The fourth-order valence-electron chi connectivity index (χ4n) is 0.974. The third-order valence-electron chi connectivity index (χ3n) is 1.68. The van der Waals surface area contributed by atoms with Crippen molar-refractivity contribution in [2.45, 2.75) is 6.61 Å². The fourth-order valence-corrected chi connectivity index (χ4v) is 0.974. The van der Waals surface area contributed by atoms with E-state index in [1.54, 1.807) is 0 Å². The summed E-state index contributed by atoms with van der Waals surface area (Å²) in [5.41, 5.74) is -0.165. The van der Waals surface area contributed by atoms with Crippen LogP contribution in [0.15, 0.2) is 17.3 Å². The van der Waals surface area contributed by atoms with Gasteiger partial charge in [0.1, 0.15) is 6.33 Å². The van der Waals surface area contributed by atoms with E-state index in [0.717, 1.165) is 0 Å². The molecular weight excluding hydrogens is 186 g/mol. The average Bonchev–Trinajstić information content (AvgIpc) is 2.70. The largest absolute Gasteiger partial charge is 0.391 e. The van der Waals surface area contributed by atoms with Gasteiger partial charge in [-0.15, -0.1) is 0 Å². The summed E-state index contributed by atoms with van der Waals surface area (Å²) >= 11 is 0. The number of nitrogens with one attached hydrogen (secondary N) is 2. The van der Waals surface area contributed by atoms with Crippen LogP contribution in [0.3, 0.4) is 0 Å². The molecule has 0 aliphatic rings. The van der Waals surface area contributed by atoms with E-state index >= 15 is 0 Å². The van der Waals surface area contributed by atoms with Crippen molar-refractivity contribution in [1.29, 1.82) is 0 Å². The zero-order valence-electron chi connectivity index (χ0n) is 7.06. The van der Waals surface area contributed by atoms with Gasteiger partial charge in [-0.05, 0) is 0 Å². The van der Waals surface area contributed by atoms with E-state index in [-0.39, 0.29) is 17.7 Å². The lowest BCUT2D eigenvalue weighted by Gasteiger charge is -1.96. The third-order valence-corrected chi connectivity index (χ3v) is 1.68. The van der Waals surface area contributed by atoms with Crippen molar-refractivity contribution >= 4 is 0 Å². The first-order valence-corrected chi connectivity index (χ1v) is 3.86. The summed E-state index contributed by atoms with van der Waals surface area (Å²) in [4.78, 5) is 21.4. The Bertz CT molecular complexity index is 475. The summed E-state index contributed by atoms with van der Waals surface area (Å²) in [6, 6.07) is 0. The maximum atomic E-state index is 11.2. The first-order valence-electron chi connectivity index (χ1n) is 3.86. The molecule has 2 heterocycles. The predicted molar refractivity (Wildman–Crippen MR) is 46.2 cm³/mol. The predicted octanol–water partition coefficient (Wildman–Crippen LogP) is -0.953. The SMILES string of the molecule is O=c1[nH]c(-c2ncn[nH]2)ncc1CO. The van der Waals surface area contributed by atoms with Gasteiger partial charge in [0.2, 0.25) is 0 Å². The molecule has 7 nitrogen and oxygen atoms in total. The Balaban J connectivity index is 2.48. The number of aliphatic hydroxyl groups excluding tert-OH is 1. The first kappa shape index (κ1) is 8.57. The number of hydrogen-bond donors (Lipinski definition) is 3. The Morgan fingerprint density at radius 2 is 2.21 bits per heavy atom. The zero-order chi connectivity index (χ0) is 9.97. The summed E-state index contributed by atoms with van der Waals surface area (Å²) in [5, 5.41) is 14.9. The van der Waals surface area contributed by atoms with Crippen LogP contribution in [-0.4, -0.2) is 30.3 Å². The number of rotatable bonds is 2. The third kappa shape index (κ3) is 1.40. The minimum atomic E-state index is -0.381. The van der Waals surface area contributed by atoms with E-state index < -0.39 is 0 Å². The molecule has 0 bridgehead atoms. The van der Waals surface area contributed by atoms with Crippen molar-refractivity contribution in [2.24, 2.45) is 0 Å². The van der Waals surface area contributed by atoms with Crippen LogP contribution in [0.2, 0.25) is 0 Å². The number of nitrogens with zero attached hydrogens (tertiary/aromatic N) is 3. The van der Waals surface area contributed by atoms with Crippen LogP contribution in [-0.2, 0) is 6.61 Å². The second-order valence-corrected chi connectivity index (χ2v) is 2.58. The smallest absolute Gasteiger partial charge is 0.256 e. The van der Waals surface area contributed by atoms with Gasteiger partial charge in [0.25, 0.3) is 5.56 Å². The van der Waals surface area contributed by atoms with Crippen molar-refractivity contribution in [3.63, 3.8) is 0 Å². The molecule has 72 valence electrons. The molecule has 0 saturated heterocycles. The summed E-state index contributed by atoms with van der Waals surface area (Å²) in [6.45, 7) is -0.334. The lowest BCUT2D eigenvalue weighted by molar-refractivity contribution is 0.279.